The zero-order valence-electron chi connectivity index (χ0n) is 18.2. The minimum atomic E-state index is 0. The normalized spacial score (nSPS) is 15.9. The Morgan fingerprint density at radius 1 is 1.06 bits per heavy atom. The molecule has 0 amide bonds. The fraction of sp³-hybridized carbons (Fsp3) is 0.435. The molecular weight excluding hydrogens is 525 g/mol. The lowest BCUT2D eigenvalue weighted by atomic mass is 10.0. The number of aliphatic hydroxyl groups is 1. The first-order chi connectivity index (χ1) is 14.6. The van der Waals surface area contributed by atoms with Crippen molar-refractivity contribution < 1.29 is 5.11 Å². The average molecular weight is 558 g/mol. The predicted molar refractivity (Wildman–Crippen MR) is 141 cm³/mol. The molecule has 170 valence electrons. The van der Waals surface area contributed by atoms with Gasteiger partial charge >= 0.3 is 0 Å². The molecule has 2 aromatic rings. The molecule has 0 saturated carbocycles. The summed E-state index contributed by atoms with van der Waals surface area (Å²) in [5.74, 6) is 0.694. The summed E-state index contributed by atoms with van der Waals surface area (Å²) in [5, 5.41) is 17.2. The van der Waals surface area contributed by atoms with E-state index in [0.29, 0.717) is 19.0 Å². The van der Waals surface area contributed by atoms with Gasteiger partial charge in [-0.1, -0.05) is 48.0 Å². The number of piperazine rings is 1. The first kappa shape index (κ1) is 25.7. The van der Waals surface area contributed by atoms with Crippen LogP contribution >= 0.6 is 35.6 Å². The maximum atomic E-state index is 9.78. The summed E-state index contributed by atoms with van der Waals surface area (Å²) >= 11 is 6.56. The van der Waals surface area contributed by atoms with Crippen LogP contribution in [-0.2, 0) is 6.54 Å². The number of rotatable bonds is 7. The maximum Gasteiger partial charge on any atom is 0.191 e. The van der Waals surface area contributed by atoms with Crippen LogP contribution in [0.3, 0.4) is 0 Å². The van der Waals surface area contributed by atoms with Gasteiger partial charge < -0.3 is 25.5 Å². The largest absolute Gasteiger partial charge is 0.396 e. The number of nitrogens with one attached hydrogen (secondary N) is 2. The monoisotopic (exact) mass is 557 g/mol. The van der Waals surface area contributed by atoms with Crippen LogP contribution in [0.5, 0.6) is 0 Å². The highest BCUT2D eigenvalue weighted by molar-refractivity contribution is 14.0. The van der Waals surface area contributed by atoms with E-state index in [9.17, 15) is 5.11 Å². The number of guanidine groups is 1. The van der Waals surface area contributed by atoms with Crippen molar-refractivity contribution in [1.82, 2.24) is 15.5 Å². The molecule has 0 aromatic heterocycles. The molecule has 0 radical (unpaired) electrons. The maximum absolute atomic E-state index is 9.78. The summed E-state index contributed by atoms with van der Waals surface area (Å²) < 4.78 is 0. The number of anilines is 1. The van der Waals surface area contributed by atoms with Crippen molar-refractivity contribution >= 4 is 47.2 Å². The molecule has 0 spiro atoms. The zero-order chi connectivity index (χ0) is 21.3. The molecular formula is C23H33ClIN5O. The Morgan fingerprint density at radius 3 is 2.42 bits per heavy atom. The van der Waals surface area contributed by atoms with Gasteiger partial charge in [0, 0.05) is 68.5 Å². The molecule has 1 aliphatic rings. The molecule has 3 rings (SSSR count). The fourth-order valence-electron chi connectivity index (χ4n) is 3.69. The van der Waals surface area contributed by atoms with Gasteiger partial charge in [-0.3, -0.25) is 4.99 Å². The third-order valence-electron chi connectivity index (χ3n) is 5.60. The van der Waals surface area contributed by atoms with Crippen molar-refractivity contribution in [3.8, 4) is 0 Å². The number of aliphatic hydroxyl groups excluding tert-OH is 1. The van der Waals surface area contributed by atoms with Gasteiger partial charge in [-0.25, -0.2) is 0 Å². The Balaban J connectivity index is 0.00000341. The number of aliphatic imine (C=N–C) groups is 1. The molecule has 1 atom stereocenters. The Hall–Kier alpha value is -1.55. The van der Waals surface area contributed by atoms with Crippen LogP contribution in [0, 0.1) is 0 Å². The van der Waals surface area contributed by atoms with E-state index in [0.717, 1.165) is 42.3 Å². The van der Waals surface area contributed by atoms with Gasteiger partial charge in [0.05, 0.1) is 6.61 Å². The summed E-state index contributed by atoms with van der Waals surface area (Å²) in [4.78, 5) is 9.08. The average Bonchev–Trinajstić information content (AvgIpc) is 2.78. The summed E-state index contributed by atoms with van der Waals surface area (Å²) in [6.45, 7) is 5.32. The van der Waals surface area contributed by atoms with Crippen molar-refractivity contribution in [3.05, 3.63) is 64.7 Å². The number of hydrogen-bond acceptors (Lipinski definition) is 4. The highest BCUT2D eigenvalue weighted by Crippen LogP contribution is 2.28. The summed E-state index contributed by atoms with van der Waals surface area (Å²) in [7, 11) is 3.91. The lowest BCUT2D eigenvalue weighted by Gasteiger charge is -2.35. The van der Waals surface area contributed by atoms with E-state index in [4.69, 9.17) is 11.6 Å². The molecule has 1 fully saturated rings. The van der Waals surface area contributed by atoms with Crippen molar-refractivity contribution in [2.75, 3.05) is 58.3 Å². The Labute approximate surface area is 207 Å². The third kappa shape index (κ3) is 7.24. The second-order valence-electron chi connectivity index (χ2n) is 7.62. The number of likely N-dealkylation sites (N-methyl/N-ethyl adjacent to an activating group) is 1. The van der Waals surface area contributed by atoms with E-state index in [1.807, 2.05) is 42.5 Å². The van der Waals surface area contributed by atoms with Gasteiger partial charge in [0.1, 0.15) is 0 Å². The SMILES string of the molecule is CN=C(NCc1c(Cl)cccc1N1CCN(C)CC1)NCC(CO)c1ccccc1.I. The van der Waals surface area contributed by atoms with Gasteiger partial charge in [0.25, 0.3) is 0 Å². The summed E-state index contributed by atoms with van der Waals surface area (Å²) in [6, 6.07) is 16.1. The van der Waals surface area contributed by atoms with Crippen molar-refractivity contribution in [2.45, 2.75) is 12.5 Å². The minimum Gasteiger partial charge on any atom is -0.396 e. The van der Waals surface area contributed by atoms with Crippen LogP contribution in [0.2, 0.25) is 5.02 Å². The summed E-state index contributed by atoms with van der Waals surface area (Å²) in [5.41, 5.74) is 3.36. The van der Waals surface area contributed by atoms with E-state index in [1.54, 1.807) is 7.05 Å². The van der Waals surface area contributed by atoms with E-state index in [1.165, 1.54) is 5.69 Å². The molecule has 1 unspecified atom stereocenters. The smallest absolute Gasteiger partial charge is 0.191 e. The quantitative estimate of drug-likeness (QED) is 0.277. The molecule has 1 saturated heterocycles. The van der Waals surface area contributed by atoms with E-state index in [-0.39, 0.29) is 36.5 Å². The number of hydrogen-bond donors (Lipinski definition) is 3. The predicted octanol–water partition coefficient (Wildman–Crippen LogP) is 3.15. The van der Waals surface area contributed by atoms with Crippen LogP contribution in [0.4, 0.5) is 5.69 Å². The van der Waals surface area contributed by atoms with Crippen molar-refractivity contribution in [1.29, 1.82) is 0 Å². The van der Waals surface area contributed by atoms with Gasteiger partial charge in [-0.15, -0.1) is 24.0 Å². The van der Waals surface area contributed by atoms with Gasteiger partial charge in [0.15, 0.2) is 5.96 Å². The molecule has 8 heteroatoms. The van der Waals surface area contributed by atoms with E-state index < -0.39 is 0 Å². The van der Waals surface area contributed by atoms with Crippen LogP contribution in [0.1, 0.15) is 17.0 Å². The zero-order valence-corrected chi connectivity index (χ0v) is 21.3. The Morgan fingerprint density at radius 2 is 1.77 bits per heavy atom. The van der Waals surface area contributed by atoms with Crippen LogP contribution in [0.15, 0.2) is 53.5 Å². The fourth-order valence-corrected chi connectivity index (χ4v) is 3.93. The highest BCUT2D eigenvalue weighted by Gasteiger charge is 2.19. The lowest BCUT2D eigenvalue weighted by Crippen LogP contribution is -2.45. The first-order valence-corrected chi connectivity index (χ1v) is 10.8. The van der Waals surface area contributed by atoms with Gasteiger partial charge in [-0.05, 0) is 24.7 Å². The molecule has 1 aliphatic heterocycles. The van der Waals surface area contributed by atoms with E-state index >= 15 is 0 Å². The third-order valence-corrected chi connectivity index (χ3v) is 5.96. The van der Waals surface area contributed by atoms with Crippen LogP contribution < -0.4 is 15.5 Å². The van der Waals surface area contributed by atoms with Crippen LogP contribution in [0.25, 0.3) is 0 Å². The first-order valence-electron chi connectivity index (χ1n) is 10.4. The topological polar surface area (TPSA) is 63.1 Å². The standard InChI is InChI=1S/C23H32ClN5O.HI/c1-25-23(26-15-19(17-30)18-7-4-3-5-8-18)27-16-20-21(24)9-6-10-22(20)29-13-11-28(2)12-14-29;/h3-10,19,30H,11-17H2,1-2H3,(H2,25,26,27);1H. The summed E-state index contributed by atoms with van der Waals surface area (Å²) in [6.07, 6.45) is 0. The minimum absolute atomic E-state index is 0. The molecule has 0 bridgehead atoms. The Bertz CT molecular complexity index is 828. The second-order valence-corrected chi connectivity index (χ2v) is 8.03. The molecule has 6 nitrogen and oxygen atoms in total. The molecule has 0 aliphatic carbocycles. The molecule has 1 heterocycles. The number of halogens is 2. The molecule has 31 heavy (non-hydrogen) atoms. The number of benzene rings is 2. The number of nitrogens with zero attached hydrogens (tertiary/aromatic N) is 3. The lowest BCUT2D eigenvalue weighted by molar-refractivity contribution is 0.265. The van der Waals surface area contributed by atoms with Crippen molar-refractivity contribution in [2.24, 2.45) is 4.99 Å². The highest BCUT2D eigenvalue weighted by atomic mass is 127. The van der Waals surface area contributed by atoms with Gasteiger partial charge in [-0.2, -0.15) is 0 Å². The van der Waals surface area contributed by atoms with Crippen LogP contribution in [-0.4, -0.2) is 69.4 Å². The molecule has 2 aromatic carbocycles. The van der Waals surface area contributed by atoms with E-state index in [2.05, 4.69) is 38.5 Å². The Kier molecular flexibility index (Phi) is 10.9. The van der Waals surface area contributed by atoms with Crippen molar-refractivity contribution in [3.63, 3.8) is 0 Å². The molecule has 3 N–H and O–H groups in total. The van der Waals surface area contributed by atoms with Gasteiger partial charge in [0.2, 0.25) is 0 Å². The second kappa shape index (κ2) is 13.1.